The fourth-order valence-electron chi connectivity index (χ4n) is 3.79. The van der Waals surface area contributed by atoms with E-state index in [4.69, 9.17) is 9.47 Å². The normalized spacial score (nSPS) is 21.7. The van der Waals surface area contributed by atoms with E-state index in [0.29, 0.717) is 37.3 Å². The standard InChI is InChI=1S/C22H30F3NO3/c1-6-14(3)20(19-16(7-2)12-18(26(19)4)21(27)28-5)29-13-15-8-10-17(11-9-15)22(23,24)25/h7,12,15,17H,3,6,8-11,13H2,1-2,4-5H3/b16-7-,20-19-. The Morgan fingerprint density at radius 3 is 2.41 bits per heavy atom. The van der Waals surface area contributed by atoms with Gasteiger partial charge in [0.05, 0.1) is 25.0 Å². The third-order valence-corrected chi connectivity index (χ3v) is 5.70. The maximum Gasteiger partial charge on any atom is 0.391 e. The number of hydrogen-bond acceptors (Lipinski definition) is 3. The molecule has 0 N–H and O–H groups in total. The van der Waals surface area contributed by atoms with Crippen LogP contribution in [0.3, 0.4) is 0 Å². The number of halogens is 3. The van der Waals surface area contributed by atoms with Crippen molar-refractivity contribution in [2.75, 3.05) is 13.7 Å². The summed E-state index contributed by atoms with van der Waals surface area (Å²) in [6.07, 6.45) is -0.315. The minimum absolute atomic E-state index is 0.0719. The average molecular weight is 413 g/mol. The Balaban J connectivity index is 2.32. The third kappa shape index (κ3) is 5.25. The van der Waals surface area contributed by atoms with Crippen LogP contribution < -0.4 is 10.6 Å². The van der Waals surface area contributed by atoms with Crippen LogP contribution in [0, 0.1) is 11.8 Å². The number of hydrogen-bond donors (Lipinski definition) is 0. The topological polar surface area (TPSA) is 40.5 Å². The maximum atomic E-state index is 12.9. The molecule has 162 valence electrons. The van der Waals surface area contributed by atoms with Gasteiger partial charge in [0.15, 0.2) is 0 Å². The van der Waals surface area contributed by atoms with Gasteiger partial charge in [0.25, 0.3) is 0 Å². The van der Waals surface area contributed by atoms with Gasteiger partial charge in [0.1, 0.15) is 11.5 Å². The smallest absolute Gasteiger partial charge is 0.391 e. The van der Waals surface area contributed by atoms with Gasteiger partial charge in [-0.1, -0.05) is 19.6 Å². The average Bonchev–Trinajstić information content (AvgIpc) is 3.03. The SMILES string of the molecule is C=C(CC)/C(OCC1CCC(C(F)(F)F)CC1)=c1\c(=C/C)cc(C(=O)OC)n1C. The molecule has 2 rings (SSSR count). The molecule has 0 bridgehead atoms. The van der Waals surface area contributed by atoms with E-state index in [-0.39, 0.29) is 18.8 Å². The quantitative estimate of drug-likeness (QED) is 0.660. The van der Waals surface area contributed by atoms with Crippen molar-refractivity contribution in [1.29, 1.82) is 0 Å². The Morgan fingerprint density at radius 2 is 1.93 bits per heavy atom. The van der Waals surface area contributed by atoms with E-state index >= 15 is 0 Å². The first-order valence-corrected chi connectivity index (χ1v) is 9.96. The van der Waals surface area contributed by atoms with Crippen molar-refractivity contribution in [3.63, 3.8) is 0 Å². The number of nitrogens with zero attached hydrogens (tertiary/aromatic N) is 1. The van der Waals surface area contributed by atoms with Crippen molar-refractivity contribution >= 4 is 17.8 Å². The first-order valence-electron chi connectivity index (χ1n) is 9.96. The lowest BCUT2D eigenvalue weighted by Gasteiger charge is -2.30. The summed E-state index contributed by atoms with van der Waals surface area (Å²) in [6.45, 7) is 8.25. The first kappa shape index (κ1) is 23.1. The molecule has 1 fully saturated rings. The van der Waals surface area contributed by atoms with E-state index in [1.165, 1.54) is 7.11 Å². The molecular weight excluding hydrogens is 383 g/mol. The minimum atomic E-state index is -4.11. The summed E-state index contributed by atoms with van der Waals surface area (Å²) in [7, 11) is 3.09. The number of alkyl halides is 3. The van der Waals surface area contributed by atoms with Crippen LogP contribution in [0.25, 0.3) is 11.8 Å². The van der Waals surface area contributed by atoms with Crippen LogP contribution in [0.15, 0.2) is 18.2 Å². The second-order valence-electron chi connectivity index (χ2n) is 7.53. The predicted octanol–water partition coefficient (Wildman–Crippen LogP) is 4.07. The van der Waals surface area contributed by atoms with Gasteiger partial charge in [-0.05, 0) is 56.6 Å². The van der Waals surface area contributed by atoms with E-state index in [2.05, 4.69) is 6.58 Å². The molecule has 1 heterocycles. The fourth-order valence-corrected chi connectivity index (χ4v) is 3.79. The van der Waals surface area contributed by atoms with Crippen LogP contribution in [0.5, 0.6) is 0 Å². The number of carbonyl (C=O) groups excluding carboxylic acids is 1. The Bertz CT molecular complexity index is 859. The molecule has 0 amide bonds. The van der Waals surface area contributed by atoms with E-state index in [1.807, 2.05) is 19.9 Å². The number of methoxy groups -OCH3 is 1. The molecule has 4 nitrogen and oxygen atoms in total. The highest BCUT2D eigenvalue weighted by molar-refractivity contribution is 5.87. The zero-order chi connectivity index (χ0) is 21.8. The number of esters is 1. The third-order valence-electron chi connectivity index (χ3n) is 5.70. The molecule has 0 aliphatic heterocycles. The molecule has 0 saturated heterocycles. The number of aromatic nitrogens is 1. The summed E-state index contributed by atoms with van der Waals surface area (Å²) in [6, 6.07) is 1.74. The van der Waals surface area contributed by atoms with Crippen LogP contribution in [-0.2, 0) is 16.5 Å². The van der Waals surface area contributed by atoms with E-state index < -0.39 is 18.1 Å². The molecule has 29 heavy (non-hydrogen) atoms. The molecule has 1 saturated carbocycles. The highest BCUT2D eigenvalue weighted by Crippen LogP contribution is 2.39. The van der Waals surface area contributed by atoms with Crippen molar-refractivity contribution < 1.29 is 27.4 Å². The molecule has 0 aromatic carbocycles. The maximum absolute atomic E-state index is 12.9. The predicted molar refractivity (Wildman–Crippen MR) is 106 cm³/mol. The van der Waals surface area contributed by atoms with Gasteiger partial charge in [-0.25, -0.2) is 4.79 Å². The van der Waals surface area contributed by atoms with Crippen LogP contribution in [0.4, 0.5) is 13.2 Å². The van der Waals surface area contributed by atoms with E-state index in [1.54, 1.807) is 17.7 Å². The van der Waals surface area contributed by atoms with E-state index in [0.717, 1.165) is 16.1 Å². The second kappa shape index (κ2) is 9.55. The molecule has 1 aliphatic rings. The lowest BCUT2D eigenvalue weighted by Crippen LogP contribution is -2.33. The van der Waals surface area contributed by atoms with Gasteiger partial charge >= 0.3 is 12.1 Å². The van der Waals surface area contributed by atoms with Gasteiger partial charge < -0.3 is 14.0 Å². The molecule has 1 aromatic heterocycles. The monoisotopic (exact) mass is 413 g/mol. The molecule has 7 heteroatoms. The molecule has 1 aromatic rings. The molecular formula is C22H30F3NO3. The van der Waals surface area contributed by atoms with E-state index in [9.17, 15) is 18.0 Å². The van der Waals surface area contributed by atoms with Crippen molar-refractivity contribution in [3.05, 3.63) is 34.5 Å². The molecule has 0 unspecified atom stereocenters. The summed E-state index contributed by atoms with van der Waals surface area (Å²) >= 11 is 0. The van der Waals surface area contributed by atoms with Crippen molar-refractivity contribution in [3.8, 4) is 0 Å². The second-order valence-corrected chi connectivity index (χ2v) is 7.53. The highest BCUT2D eigenvalue weighted by atomic mass is 19.4. The van der Waals surface area contributed by atoms with Gasteiger partial charge in [0, 0.05) is 12.3 Å². The molecule has 0 radical (unpaired) electrons. The number of ether oxygens (including phenoxy) is 2. The zero-order valence-corrected chi connectivity index (χ0v) is 17.6. The Morgan fingerprint density at radius 1 is 1.31 bits per heavy atom. The van der Waals surface area contributed by atoms with Crippen LogP contribution in [0.1, 0.15) is 56.4 Å². The Labute approximate surface area is 169 Å². The lowest BCUT2D eigenvalue weighted by molar-refractivity contribution is -0.184. The summed E-state index contributed by atoms with van der Waals surface area (Å²) in [5.74, 6) is -1.00. The van der Waals surface area contributed by atoms with Gasteiger partial charge in [-0.2, -0.15) is 13.2 Å². The van der Waals surface area contributed by atoms with Crippen LogP contribution >= 0.6 is 0 Å². The highest BCUT2D eigenvalue weighted by Gasteiger charge is 2.41. The number of rotatable bonds is 6. The Hall–Kier alpha value is -2.18. The van der Waals surface area contributed by atoms with Gasteiger partial charge in [-0.3, -0.25) is 0 Å². The molecule has 0 atom stereocenters. The van der Waals surface area contributed by atoms with Crippen molar-refractivity contribution in [2.24, 2.45) is 18.9 Å². The summed E-state index contributed by atoms with van der Waals surface area (Å²) < 4.78 is 51.4. The van der Waals surface area contributed by atoms with Gasteiger partial charge in [0.2, 0.25) is 0 Å². The summed E-state index contributed by atoms with van der Waals surface area (Å²) in [4.78, 5) is 12.1. The summed E-state index contributed by atoms with van der Waals surface area (Å²) in [5.41, 5.74) is 1.17. The molecule has 1 aliphatic carbocycles. The molecule has 0 spiro atoms. The number of carbonyl (C=O) groups is 1. The largest absolute Gasteiger partial charge is 0.491 e. The van der Waals surface area contributed by atoms with Crippen molar-refractivity contribution in [1.82, 2.24) is 4.57 Å². The van der Waals surface area contributed by atoms with Crippen molar-refractivity contribution in [2.45, 2.75) is 52.1 Å². The van der Waals surface area contributed by atoms with Crippen LogP contribution in [0.2, 0.25) is 0 Å². The zero-order valence-electron chi connectivity index (χ0n) is 17.6. The fraction of sp³-hybridized carbons (Fsp3) is 0.591. The van der Waals surface area contributed by atoms with Gasteiger partial charge in [-0.15, -0.1) is 0 Å². The minimum Gasteiger partial charge on any atom is -0.491 e. The Kier molecular flexibility index (Phi) is 7.60. The first-order chi connectivity index (χ1) is 13.6. The van der Waals surface area contributed by atoms with Crippen LogP contribution in [-0.4, -0.2) is 30.4 Å². The lowest BCUT2D eigenvalue weighted by atomic mass is 9.82. The summed E-state index contributed by atoms with van der Waals surface area (Å²) in [5, 5.41) is 1.54.